The van der Waals surface area contributed by atoms with Crippen LogP contribution in [0.15, 0.2) is 24.3 Å². The monoisotopic (exact) mass is 303 g/mol. The second kappa shape index (κ2) is 7.43. The largest absolute Gasteiger partial charge is 0.478 e. The number of benzene rings is 1. The predicted octanol–water partition coefficient (Wildman–Crippen LogP) is 3.35. The molecule has 1 fully saturated rings. The molecule has 4 nitrogen and oxygen atoms in total. The van der Waals surface area contributed by atoms with Crippen molar-refractivity contribution < 1.29 is 14.7 Å². The molecular formula is C18H25NO3. The molecule has 1 saturated carbocycles. The van der Waals surface area contributed by atoms with Gasteiger partial charge in [0.15, 0.2) is 0 Å². The van der Waals surface area contributed by atoms with Crippen LogP contribution in [-0.4, -0.2) is 34.5 Å². The summed E-state index contributed by atoms with van der Waals surface area (Å²) in [4.78, 5) is 25.6. The molecule has 0 spiro atoms. The molecule has 4 heteroatoms. The van der Waals surface area contributed by atoms with Crippen molar-refractivity contribution in [1.82, 2.24) is 4.90 Å². The molecule has 0 radical (unpaired) electrons. The molecule has 120 valence electrons. The maximum Gasteiger partial charge on any atom is 0.335 e. The Labute approximate surface area is 132 Å². The van der Waals surface area contributed by atoms with Gasteiger partial charge in [-0.1, -0.05) is 24.6 Å². The van der Waals surface area contributed by atoms with Crippen molar-refractivity contribution in [2.24, 2.45) is 5.92 Å². The lowest BCUT2D eigenvalue weighted by atomic mass is 9.85. The van der Waals surface area contributed by atoms with Crippen molar-refractivity contribution >= 4 is 11.9 Å². The minimum Gasteiger partial charge on any atom is -0.478 e. The van der Waals surface area contributed by atoms with Crippen molar-refractivity contribution in [3.8, 4) is 0 Å². The third-order valence-electron chi connectivity index (χ3n) is 4.48. The lowest BCUT2D eigenvalue weighted by Gasteiger charge is -2.35. The second-order valence-corrected chi connectivity index (χ2v) is 6.40. The number of carboxylic acids is 1. The van der Waals surface area contributed by atoms with E-state index in [4.69, 9.17) is 0 Å². The van der Waals surface area contributed by atoms with Gasteiger partial charge in [0.1, 0.15) is 0 Å². The second-order valence-electron chi connectivity index (χ2n) is 6.40. The summed E-state index contributed by atoms with van der Waals surface area (Å²) < 4.78 is 0. The van der Waals surface area contributed by atoms with Crippen LogP contribution in [-0.2, 0) is 11.2 Å². The quantitative estimate of drug-likeness (QED) is 0.840. The molecule has 1 amide bonds. The summed E-state index contributed by atoms with van der Waals surface area (Å²) in [5, 5.41) is 9.19. The van der Waals surface area contributed by atoms with E-state index in [1.165, 1.54) is 19.3 Å². The molecule has 0 aliphatic heterocycles. The Hall–Kier alpha value is -1.84. The van der Waals surface area contributed by atoms with Crippen LogP contribution in [0.1, 0.15) is 55.5 Å². The van der Waals surface area contributed by atoms with Crippen LogP contribution >= 0.6 is 0 Å². The highest BCUT2D eigenvalue weighted by atomic mass is 16.4. The molecule has 0 bridgehead atoms. The van der Waals surface area contributed by atoms with Gasteiger partial charge in [0.05, 0.1) is 5.56 Å². The lowest BCUT2D eigenvalue weighted by molar-refractivity contribution is -0.134. The predicted molar refractivity (Wildman–Crippen MR) is 85.9 cm³/mol. The molecule has 22 heavy (non-hydrogen) atoms. The fourth-order valence-corrected chi connectivity index (χ4v) is 2.89. The first-order chi connectivity index (χ1) is 10.5. The SMILES string of the molecule is CC(C)N(CC1CCC1)C(=O)CCc1ccccc1C(=O)O. The molecule has 1 N–H and O–H groups in total. The molecule has 0 atom stereocenters. The number of hydrogen-bond acceptors (Lipinski definition) is 2. The number of aryl methyl sites for hydroxylation is 1. The molecule has 0 unspecified atom stereocenters. The van der Waals surface area contributed by atoms with Crippen LogP contribution in [0.2, 0.25) is 0 Å². The number of carboxylic acid groups (broad SMARTS) is 1. The highest BCUT2D eigenvalue weighted by Gasteiger charge is 2.25. The maximum atomic E-state index is 12.5. The van der Waals surface area contributed by atoms with E-state index < -0.39 is 5.97 Å². The molecular weight excluding hydrogens is 278 g/mol. The summed E-state index contributed by atoms with van der Waals surface area (Å²) in [6, 6.07) is 7.12. The first kappa shape index (κ1) is 16.5. The van der Waals surface area contributed by atoms with Gasteiger partial charge in [-0.3, -0.25) is 4.79 Å². The topological polar surface area (TPSA) is 57.6 Å². The van der Waals surface area contributed by atoms with Gasteiger partial charge in [0, 0.05) is 19.0 Å². The van der Waals surface area contributed by atoms with Crippen molar-refractivity contribution in [2.45, 2.75) is 52.0 Å². The summed E-state index contributed by atoms with van der Waals surface area (Å²) in [7, 11) is 0. The summed E-state index contributed by atoms with van der Waals surface area (Å²) in [6.45, 7) is 4.93. The van der Waals surface area contributed by atoms with E-state index >= 15 is 0 Å². The Bertz CT molecular complexity index is 535. The van der Waals surface area contributed by atoms with E-state index in [1.54, 1.807) is 18.2 Å². The number of rotatable bonds is 7. The molecule has 0 heterocycles. The molecule has 0 saturated heterocycles. The number of nitrogens with zero attached hydrogens (tertiary/aromatic N) is 1. The van der Waals surface area contributed by atoms with Crippen molar-refractivity contribution in [2.75, 3.05) is 6.54 Å². The van der Waals surface area contributed by atoms with Crippen LogP contribution in [0, 0.1) is 5.92 Å². The number of aromatic carboxylic acids is 1. The third kappa shape index (κ3) is 4.09. The van der Waals surface area contributed by atoms with E-state index in [0.29, 0.717) is 24.3 Å². The van der Waals surface area contributed by atoms with E-state index in [2.05, 4.69) is 0 Å². The van der Waals surface area contributed by atoms with Gasteiger partial charge in [0.2, 0.25) is 5.91 Å². The Balaban J connectivity index is 1.96. The van der Waals surface area contributed by atoms with Crippen LogP contribution in [0.4, 0.5) is 0 Å². The van der Waals surface area contributed by atoms with Crippen molar-refractivity contribution in [1.29, 1.82) is 0 Å². The van der Waals surface area contributed by atoms with E-state index in [-0.39, 0.29) is 11.9 Å². The average Bonchev–Trinajstić information content (AvgIpc) is 2.43. The fraction of sp³-hybridized carbons (Fsp3) is 0.556. The van der Waals surface area contributed by atoms with Gasteiger partial charge in [-0.2, -0.15) is 0 Å². The van der Waals surface area contributed by atoms with Gasteiger partial charge < -0.3 is 10.0 Å². The van der Waals surface area contributed by atoms with Crippen LogP contribution in [0.5, 0.6) is 0 Å². The van der Waals surface area contributed by atoms with E-state index in [0.717, 1.165) is 12.1 Å². The number of amides is 1. The van der Waals surface area contributed by atoms with Gasteiger partial charge in [-0.05, 0) is 50.7 Å². The van der Waals surface area contributed by atoms with Gasteiger partial charge in [-0.15, -0.1) is 0 Å². The molecule has 1 aliphatic rings. The zero-order chi connectivity index (χ0) is 16.1. The minimum atomic E-state index is -0.932. The van der Waals surface area contributed by atoms with Crippen molar-refractivity contribution in [3.05, 3.63) is 35.4 Å². The number of carbonyl (C=O) groups is 2. The normalized spacial score (nSPS) is 14.7. The highest BCUT2D eigenvalue weighted by Crippen LogP contribution is 2.28. The summed E-state index contributed by atoms with van der Waals surface area (Å²) in [6.07, 6.45) is 4.57. The maximum absolute atomic E-state index is 12.5. The molecule has 2 rings (SSSR count). The average molecular weight is 303 g/mol. The van der Waals surface area contributed by atoms with Gasteiger partial charge >= 0.3 is 5.97 Å². The highest BCUT2D eigenvalue weighted by molar-refractivity contribution is 5.89. The first-order valence-electron chi connectivity index (χ1n) is 8.09. The van der Waals surface area contributed by atoms with E-state index in [9.17, 15) is 14.7 Å². The standard InChI is InChI=1S/C18H25NO3/c1-13(2)19(12-14-6-5-7-14)17(20)11-10-15-8-3-4-9-16(15)18(21)22/h3-4,8-9,13-14H,5-7,10-12H2,1-2H3,(H,21,22). The van der Waals surface area contributed by atoms with Gasteiger partial charge in [0.25, 0.3) is 0 Å². The van der Waals surface area contributed by atoms with E-state index in [1.807, 2.05) is 24.8 Å². The Morgan fingerprint density at radius 1 is 1.27 bits per heavy atom. The van der Waals surface area contributed by atoms with Crippen LogP contribution in [0.3, 0.4) is 0 Å². The molecule has 1 aromatic carbocycles. The molecule has 0 aromatic heterocycles. The first-order valence-corrected chi connectivity index (χ1v) is 8.09. The fourth-order valence-electron chi connectivity index (χ4n) is 2.89. The van der Waals surface area contributed by atoms with Crippen LogP contribution < -0.4 is 0 Å². The zero-order valence-electron chi connectivity index (χ0n) is 13.4. The van der Waals surface area contributed by atoms with Gasteiger partial charge in [-0.25, -0.2) is 4.79 Å². The third-order valence-corrected chi connectivity index (χ3v) is 4.48. The minimum absolute atomic E-state index is 0.127. The smallest absolute Gasteiger partial charge is 0.335 e. The summed E-state index contributed by atoms with van der Waals surface area (Å²) >= 11 is 0. The Morgan fingerprint density at radius 2 is 1.95 bits per heavy atom. The number of carbonyl (C=O) groups excluding carboxylic acids is 1. The Morgan fingerprint density at radius 3 is 2.50 bits per heavy atom. The molecule has 1 aromatic rings. The lowest BCUT2D eigenvalue weighted by Crippen LogP contribution is -2.42. The zero-order valence-corrected chi connectivity index (χ0v) is 13.4. The Kier molecular flexibility index (Phi) is 5.58. The summed E-state index contributed by atoms with van der Waals surface area (Å²) in [5.74, 6) is -0.155. The molecule has 1 aliphatic carbocycles. The number of hydrogen-bond donors (Lipinski definition) is 1. The van der Waals surface area contributed by atoms with Crippen molar-refractivity contribution in [3.63, 3.8) is 0 Å². The summed E-state index contributed by atoms with van der Waals surface area (Å²) in [5.41, 5.74) is 1.03. The van der Waals surface area contributed by atoms with Crippen LogP contribution in [0.25, 0.3) is 0 Å².